The van der Waals surface area contributed by atoms with E-state index in [1.54, 1.807) is 0 Å². The topological polar surface area (TPSA) is 55.1 Å². The van der Waals surface area contributed by atoms with Gasteiger partial charge in [-0.2, -0.15) is 0 Å². The first-order valence-electron chi connectivity index (χ1n) is 6.99. The van der Waals surface area contributed by atoms with E-state index in [4.69, 9.17) is 5.73 Å². The van der Waals surface area contributed by atoms with E-state index in [-0.39, 0.29) is 23.3 Å². The van der Waals surface area contributed by atoms with Gasteiger partial charge in [0.15, 0.2) is 0 Å². The summed E-state index contributed by atoms with van der Waals surface area (Å²) in [4.78, 5) is 11.9. The van der Waals surface area contributed by atoms with Crippen molar-refractivity contribution in [2.75, 3.05) is 6.54 Å². The Morgan fingerprint density at radius 2 is 2.11 bits per heavy atom. The lowest BCUT2D eigenvalue weighted by Gasteiger charge is -2.33. The second kappa shape index (κ2) is 5.33. The monoisotopic (exact) mass is 260 g/mol. The minimum absolute atomic E-state index is 0.0481. The zero-order chi connectivity index (χ0) is 14.0. The highest BCUT2D eigenvalue weighted by Gasteiger charge is 2.32. The van der Waals surface area contributed by atoms with Crippen molar-refractivity contribution >= 4 is 5.91 Å². The zero-order valence-electron chi connectivity index (χ0n) is 12.1. The summed E-state index contributed by atoms with van der Waals surface area (Å²) >= 11 is 0. The van der Waals surface area contributed by atoms with Crippen molar-refractivity contribution in [2.45, 2.75) is 45.1 Å². The summed E-state index contributed by atoms with van der Waals surface area (Å²) in [5, 5.41) is 3.07. The number of carbonyl (C=O) groups excluding carboxylic acids is 1. The maximum atomic E-state index is 11.9. The van der Waals surface area contributed by atoms with Crippen molar-refractivity contribution in [2.24, 2.45) is 11.7 Å². The standard InChI is InChI=1S/C16H24N2O/c1-11-5-4-6-13(7-11)16(2,3)10-18-15(19)12-8-14(17)9-12/h4-7,12,14H,8-10,17H2,1-3H3,(H,18,19). The van der Waals surface area contributed by atoms with E-state index in [0.717, 1.165) is 12.8 Å². The number of amides is 1. The van der Waals surface area contributed by atoms with Crippen LogP contribution in [0.1, 0.15) is 37.8 Å². The molecule has 19 heavy (non-hydrogen) atoms. The van der Waals surface area contributed by atoms with Gasteiger partial charge >= 0.3 is 0 Å². The molecule has 0 heterocycles. The molecule has 1 aliphatic rings. The molecule has 0 atom stereocenters. The number of benzene rings is 1. The fourth-order valence-corrected chi connectivity index (χ4v) is 2.50. The van der Waals surface area contributed by atoms with Gasteiger partial charge in [-0.05, 0) is 25.3 Å². The SMILES string of the molecule is Cc1cccc(C(C)(C)CNC(=O)C2CC(N)C2)c1. The van der Waals surface area contributed by atoms with Crippen LogP contribution in [0.15, 0.2) is 24.3 Å². The molecule has 0 bridgehead atoms. The van der Waals surface area contributed by atoms with Gasteiger partial charge in [0.1, 0.15) is 0 Å². The predicted octanol–water partition coefficient (Wildman–Crippen LogP) is 2.13. The molecule has 0 aromatic heterocycles. The number of nitrogens with one attached hydrogen (secondary N) is 1. The Morgan fingerprint density at radius 1 is 1.42 bits per heavy atom. The molecule has 0 spiro atoms. The first kappa shape index (κ1) is 14.1. The van der Waals surface area contributed by atoms with E-state index in [0.29, 0.717) is 6.54 Å². The maximum absolute atomic E-state index is 11.9. The molecule has 3 heteroatoms. The average Bonchev–Trinajstić information content (AvgIpc) is 2.32. The molecule has 104 valence electrons. The zero-order valence-corrected chi connectivity index (χ0v) is 12.1. The van der Waals surface area contributed by atoms with E-state index in [1.165, 1.54) is 11.1 Å². The molecular weight excluding hydrogens is 236 g/mol. The maximum Gasteiger partial charge on any atom is 0.223 e. The van der Waals surface area contributed by atoms with Crippen molar-refractivity contribution in [1.29, 1.82) is 0 Å². The number of rotatable bonds is 4. The summed E-state index contributed by atoms with van der Waals surface area (Å²) in [5.74, 6) is 0.283. The van der Waals surface area contributed by atoms with E-state index >= 15 is 0 Å². The van der Waals surface area contributed by atoms with Crippen LogP contribution in [-0.4, -0.2) is 18.5 Å². The van der Waals surface area contributed by atoms with Gasteiger partial charge in [0, 0.05) is 23.9 Å². The molecule has 1 aliphatic carbocycles. The Balaban J connectivity index is 1.92. The highest BCUT2D eigenvalue weighted by atomic mass is 16.1. The molecule has 0 aliphatic heterocycles. The molecule has 3 N–H and O–H groups in total. The minimum Gasteiger partial charge on any atom is -0.355 e. The van der Waals surface area contributed by atoms with Crippen LogP contribution >= 0.6 is 0 Å². The largest absolute Gasteiger partial charge is 0.355 e. The van der Waals surface area contributed by atoms with Gasteiger partial charge in [-0.15, -0.1) is 0 Å². The van der Waals surface area contributed by atoms with Gasteiger partial charge in [0.05, 0.1) is 0 Å². The lowest BCUT2D eigenvalue weighted by molar-refractivity contribution is -0.128. The Hall–Kier alpha value is -1.35. The quantitative estimate of drug-likeness (QED) is 0.871. The smallest absolute Gasteiger partial charge is 0.223 e. The van der Waals surface area contributed by atoms with Crippen LogP contribution in [0.25, 0.3) is 0 Å². The molecule has 0 radical (unpaired) electrons. The molecule has 3 nitrogen and oxygen atoms in total. The van der Waals surface area contributed by atoms with Crippen LogP contribution in [0, 0.1) is 12.8 Å². The summed E-state index contributed by atoms with van der Waals surface area (Å²) in [6.07, 6.45) is 1.66. The third-order valence-electron chi connectivity index (χ3n) is 4.05. The van der Waals surface area contributed by atoms with Crippen molar-refractivity contribution < 1.29 is 4.79 Å². The third kappa shape index (κ3) is 3.35. The third-order valence-corrected chi connectivity index (χ3v) is 4.05. The molecule has 1 saturated carbocycles. The van der Waals surface area contributed by atoms with Crippen LogP contribution in [-0.2, 0) is 10.2 Å². The fourth-order valence-electron chi connectivity index (χ4n) is 2.50. The van der Waals surface area contributed by atoms with E-state index in [2.05, 4.69) is 50.4 Å². The van der Waals surface area contributed by atoms with Crippen LogP contribution in [0.4, 0.5) is 0 Å². The van der Waals surface area contributed by atoms with Crippen LogP contribution < -0.4 is 11.1 Å². The highest BCUT2D eigenvalue weighted by molar-refractivity contribution is 5.79. The average molecular weight is 260 g/mol. The first-order chi connectivity index (χ1) is 8.88. The Kier molecular flexibility index (Phi) is 3.95. The molecule has 1 aromatic rings. The number of hydrogen-bond acceptors (Lipinski definition) is 2. The molecular formula is C16H24N2O. The van der Waals surface area contributed by atoms with Gasteiger partial charge < -0.3 is 11.1 Å². The molecule has 2 rings (SSSR count). The van der Waals surface area contributed by atoms with Crippen LogP contribution in [0.2, 0.25) is 0 Å². The van der Waals surface area contributed by atoms with Gasteiger partial charge in [-0.1, -0.05) is 43.7 Å². The summed E-state index contributed by atoms with van der Waals surface area (Å²) in [6, 6.07) is 8.69. The van der Waals surface area contributed by atoms with E-state index < -0.39 is 0 Å². The van der Waals surface area contributed by atoms with Gasteiger partial charge in [0.25, 0.3) is 0 Å². The highest BCUT2D eigenvalue weighted by Crippen LogP contribution is 2.27. The Bertz CT molecular complexity index is 462. The van der Waals surface area contributed by atoms with Crippen LogP contribution in [0.5, 0.6) is 0 Å². The van der Waals surface area contributed by atoms with Gasteiger partial charge in [-0.3, -0.25) is 4.79 Å². The second-order valence-corrected chi connectivity index (χ2v) is 6.40. The van der Waals surface area contributed by atoms with E-state index in [1.807, 2.05) is 0 Å². The van der Waals surface area contributed by atoms with Crippen LogP contribution in [0.3, 0.4) is 0 Å². The normalized spacial score (nSPS) is 22.7. The second-order valence-electron chi connectivity index (χ2n) is 6.40. The lowest BCUT2D eigenvalue weighted by atomic mass is 9.79. The molecule has 1 fully saturated rings. The number of aryl methyl sites for hydroxylation is 1. The van der Waals surface area contributed by atoms with Gasteiger partial charge in [0.2, 0.25) is 5.91 Å². The van der Waals surface area contributed by atoms with Gasteiger partial charge in [-0.25, -0.2) is 0 Å². The summed E-state index contributed by atoms with van der Waals surface area (Å²) in [7, 11) is 0. The number of hydrogen-bond donors (Lipinski definition) is 2. The van der Waals surface area contributed by atoms with Crippen molar-refractivity contribution in [1.82, 2.24) is 5.32 Å². The Morgan fingerprint density at radius 3 is 2.68 bits per heavy atom. The predicted molar refractivity (Wildman–Crippen MR) is 77.9 cm³/mol. The molecule has 0 saturated heterocycles. The van der Waals surface area contributed by atoms with Crippen molar-refractivity contribution in [3.05, 3.63) is 35.4 Å². The van der Waals surface area contributed by atoms with E-state index in [9.17, 15) is 4.79 Å². The number of nitrogens with two attached hydrogens (primary N) is 1. The molecule has 0 unspecified atom stereocenters. The Labute approximate surface area is 115 Å². The lowest BCUT2D eigenvalue weighted by Crippen LogP contribution is -2.47. The summed E-state index contributed by atoms with van der Waals surface area (Å²) in [6.45, 7) is 7.08. The summed E-state index contributed by atoms with van der Waals surface area (Å²) in [5.41, 5.74) is 8.18. The first-order valence-corrected chi connectivity index (χ1v) is 6.99. The molecule has 1 amide bonds. The number of carbonyl (C=O) groups is 1. The fraction of sp³-hybridized carbons (Fsp3) is 0.562. The summed E-state index contributed by atoms with van der Waals surface area (Å²) < 4.78 is 0. The molecule has 1 aromatic carbocycles. The van der Waals surface area contributed by atoms with Crippen molar-refractivity contribution in [3.8, 4) is 0 Å². The van der Waals surface area contributed by atoms with Crippen molar-refractivity contribution in [3.63, 3.8) is 0 Å². The minimum atomic E-state index is -0.0481.